The summed E-state index contributed by atoms with van der Waals surface area (Å²) in [5.74, 6) is -0.341. The molecule has 0 saturated heterocycles. The summed E-state index contributed by atoms with van der Waals surface area (Å²) in [7, 11) is 1.74. The van der Waals surface area contributed by atoms with Crippen LogP contribution in [-0.2, 0) is 4.79 Å². The Morgan fingerprint density at radius 1 is 1.41 bits per heavy atom. The summed E-state index contributed by atoms with van der Waals surface area (Å²) >= 11 is 1.67. The summed E-state index contributed by atoms with van der Waals surface area (Å²) < 4.78 is 0. The van der Waals surface area contributed by atoms with Crippen molar-refractivity contribution < 1.29 is 9.90 Å². The van der Waals surface area contributed by atoms with E-state index in [-0.39, 0.29) is 18.4 Å². The van der Waals surface area contributed by atoms with E-state index in [1.807, 2.05) is 37.4 Å². The zero-order valence-corrected chi connectivity index (χ0v) is 11.3. The number of benzene rings is 1. The summed E-state index contributed by atoms with van der Waals surface area (Å²) in [5, 5.41) is 9.12. The first kappa shape index (κ1) is 14.1. The second kappa shape index (κ2) is 6.67. The van der Waals surface area contributed by atoms with Gasteiger partial charge in [-0.15, -0.1) is 11.8 Å². The van der Waals surface area contributed by atoms with E-state index in [1.165, 1.54) is 4.90 Å². The second-order valence-corrected chi connectivity index (χ2v) is 4.76. The fraction of sp³-hybridized carbons (Fsp3) is 0.462. The fourth-order valence-electron chi connectivity index (χ4n) is 1.59. The molecule has 0 aliphatic carbocycles. The van der Waals surface area contributed by atoms with E-state index in [4.69, 9.17) is 5.11 Å². The van der Waals surface area contributed by atoms with Crippen molar-refractivity contribution in [1.29, 1.82) is 0 Å². The molecule has 0 aliphatic heterocycles. The molecule has 1 atom stereocenters. The molecule has 0 spiro atoms. The van der Waals surface area contributed by atoms with E-state index in [0.29, 0.717) is 6.42 Å². The van der Waals surface area contributed by atoms with Crippen molar-refractivity contribution in [3.05, 3.63) is 24.3 Å². The normalized spacial score (nSPS) is 12.2. The van der Waals surface area contributed by atoms with Gasteiger partial charge < -0.3 is 10.0 Å². The number of aliphatic hydroxyl groups excluding tert-OH is 1. The van der Waals surface area contributed by atoms with Gasteiger partial charge in [-0.05, 0) is 36.9 Å². The molecule has 0 bridgehead atoms. The molecule has 3 nitrogen and oxygen atoms in total. The number of rotatable bonds is 5. The van der Waals surface area contributed by atoms with Gasteiger partial charge in [-0.1, -0.05) is 6.92 Å². The number of hydrogen-bond acceptors (Lipinski definition) is 3. The molecule has 94 valence electrons. The Bertz CT molecular complexity index is 360. The fourth-order valence-corrected chi connectivity index (χ4v) is 2.00. The maximum absolute atomic E-state index is 12.0. The second-order valence-electron chi connectivity index (χ2n) is 3.88. The Hall–Kier alpha value is -1.00. The predicted octanol–water partition coefficient (Wildman–Crippen LogP) is 2.39. The Morgan fingerprint density at radius 3 is 2.41 bits per heavy atom. The van der Waals surface area contributed by atoms with E-state index < -0.39 is 0 Å². The molecule has 1 rings (SSSR count). The molecule has 0 aromatic heterocycles. The van der Waals surface area contributed by atoms with Crippen LogP contribution in [0, 0.1) is 5.92 Å². The van der Waals surface area contributed by atoms with Crippen LogP contribution in [0.4, 0.5) is 5.69 Å². The number of carbonyl (C=O) groups is 1. The minimum absolute atomic E-state index is 0.0353. The molecule has 4 heteroatoms. The molecule has 1 aromatic carbocycles. The Labute approximate surface area is 107 Å². The summed E-state index contributed by atoms with van der Waals surface area (Å²) in [5.41, 5.74) is 0.861. The molecule has 17 heavy (non-hydrogen) atoms. The van der Waals surface area contributed by atoms with Gasteiger partial charge >= 0.3 is 0 Å². The number of aliphatic hydroxyl groups is 1. The van der Waals surface area contributed by atoms with Crippen LogP contribution in [0.15, 0.2) is 29.2 Å². The zero-order chi connectivity index (χ0) is 12.8. The number of hydrogen-bond donors (Lipinski definition) is 1. The third-order valence-corrected chi connectivity index (χ3v) is 3.60. The molecule has 0 radical (unpaired) electrons. The molecule has 0 heterocycles. The van der Waals surface area contributed by atoms with Gasteiger partial charge in [0, 0.05) is 17.6 Å². The van der Waals surface area contributed by atoms with Crippen LogP contribution in [-0.4, -0.2) is 30.9 Å². The number of nitrogens with zero attached hydrogens (tertiary/aromatic N) is 1. The largest absolute Gasteiger partial charge is 0.396 e. The highest BCUT2D eigenvalue weighted by molar-refractivity contribution is 7.98. The standard InChI is InChI=1S/C13H19NO2S/c1-4-10(9-15)13(16)14(2)11-5-7-12(17-3)8-6-11/h5-8,10,15H,4,9H2,1-3H3. The molecule has 0 fully saturated rings. The van der Waals surface area contributed by atoms with Crippen molar-refractivity contribution in [2.45, 2.75) is 18.2 Å². The Kier molecular flexibility index (Phi) is 5.51. The molecule has 1 unspecified atom stereocenters. The average Bonchev–Trinajstić information content (AvgIpc) is 2.39. The summed E-state index contributed by atoms with van der Waals surface area (Å²) in [6.07, 6.45) is 2.67. The first-order valence-corrected chi connectivity index (χ1v) is 6.89. The van der Waals surface area contributed by atoms with E-state index in [0.717, 1.165) is 5.69 Å². The average molecular weight is 253 g/mol. The maximum atomic E-state index is 12.0. The van der Waals surface area contributed by atoms with E-state index >= 15 is 0 Å². The molecule has 1 N–H and O–H groups in total. The predicted molar refractivity (Wildman–Crippen MR) is 72.5 cm³/mol. The quantitative estimate of drug-likeness (QED) is 0.819. The lowest BCUT2D eigenvalue weighted by Gasteiger charge is -2.22. The minimum Gasteiger partial charge on any atom is -0.396 e. The van der Waals surface area contributed by atoms with Crippen molar-refractivity contribution in [2.75, 3.05) is 24.8 Å². The van der Waals surface area contributed by atoms with Crippen LogP contribution in [0.1, 0.15) is 13.3 Å². The maximum Gasteiger partial charge on any atom is 0.232 e. The SMILES string of the molecule is CCC(CO)C(=O)N(C)c1ccc(SC)cc1. The van der Waals surface area contributed by atoms with E-state index in [9.17, 15) is 4.79 Å². The highest BCUT2D eigenvalue weighted by Gasteiger charge is 2.20. The smallest absolute Gasteiger partial charge is 0.232 e. The van der Waals surface area contributed by atoms with Crippen molar-refractivity contribution in [1.82, 2.24) is 0 Å². The van der Waals surface area contributed by atoms with Crippen LogP contribution in [0.3, 0.4) is 0 Å². The van der Waals surface area contributed by atoms with Gasteiger partial charge in [0.2, 0.25) is 5.91 Å². The first-order valence-electron chi connectivity index (χ1n) is 5.66. The molecular formula is C13H19NO2S. The van der Waals surface area contributed by atoms with Gasteiger partial charge in [0.1, 0.15) is 0 Å². The molecule has 1 amide bonds. The van der Waals surface area contributed by atoms with Crippen molar-refractivity contribution in [3.8, 4) is 0 Å². The van der Waals surface area contributed by atoms with Crippen LogP contribution in [0.25, 0.3) is 0 Å². The third kappa shape index (κ3) is 3.48. The summed E-state index contributed by atoms with van der Waals surface area (Å²) in [6.45, 7) is 1.81. The Balaban J connectivity index is 2.80. The lowest BCUT2D eigenvalue weighted by molar-refractivity contribution is -0.123. The number of amides is 1. The number of thioether (sulfide) groups is 1. The summed E-state index contributed by atoms with van der Waals surface area (Å²) in [6, 6.07) is 7.83. The molecular weight excluding hydrogens is 234 g/mol. The van der Waals surface area contributed by atoms with Crippen LogP contribution in [0.2, 0.25) is 0 Å². The van der Waals surface area contributed by atoms with E-state index in [1.54, 1.807) is 23.7 Å². The molecule has 1 aromatic rings. The molecule has 0 aliphatic rings. The highest BCUT2D eigenvalue weighted by atomic mass is 32.2. The van der Waals surface area contributed by atoms with Gasteiger partial charge in [-0.25, -0.2) is 0 Å². The van der Waals surface area contributed by atoms with Gasteiger partial charge in [-0.3, -0.25) is 4.79 Å². The Morgan fingerprint density at radius 2 is 2.00 bits per heavy atom. The summed E-state index contributed by atoms with van der Waals surface area (Å²) in [4.78, 5) is 14.8. The van der Waals surface area contributed by atoms with Gasteiger partial charge in [-0.2, -0.15) is 0 Å². The molecule has 0 saturated carbocycles. The monoisotopic (exact) mass is 253 g/mol. The van der Waals surface area contributed by atoms with E-state index in [2.05, 4.69) is 0 Å². The third-order valence-electron chi connectivity index (χ3n) is 2.85. The van der Waals surface area contributed by atoms with Crippen LogP contribution < -0.4 is 4.90 Å². The first-order chi connectivity index (χ1) is 8.13. The van der Waals surface area contributed by atoms with Gasteiger partial charge in [0.15, 0.2) is 0 Å². The van der Waals surface area contributed by atoms with Gasteiger partial charge in [0.05, 0.1) is 12.5 Å². The topological polar surface area (TPSA) is 40.5 Å². The van der Waals surface area contributed by atoms with Crippen LogP contribution >= 0.6 is 11.8 Å². The number of anilines is 1. The van der Waals surface area contributed by atoms with Crippen LogP contribution in [0.5, 0.6) is 0 Å². The van der Waals surface area contributed by atoms with Crippen molar-refractivity contribution in [2.24, 2.45) is 5.92 Å². The highest BCUT2D eigenvalue weighted by Crippen LogP contribution is 2.21. The van der Waals surface area contributed by atoms with Crippen molar-refractivity contribution >= 4 is 23.4 Å². The van der Waals surface area contributed by atoms with Gasteiger partial charge in [0.25, 0.3) is 0 Å². The minimum atomic E-state index is -0.305. The number of carbonyl (C=O) groups excluding carboxylic acids is 1. The van der Waals surface area contributed by atoms with Crippen molar-refractivity contribution in [3.63, 3.8) is 0 Å². The zero-order valence-electron chi connectivity index (χ0n) is 10.5. The lowest BCUT2D eigenvalue weighted by Crippen LogP contribution is -2.34. The lowest BCUT2D eigenvalue weighted by atomic mass is 10.1.